The molecular weight excluding hydrogens is 250 g/mol. The van der Waals surface area contributed by atoms with Gasteiger partial charge in [-0.3, -0.25) is 4.79 Å². The number of nitrogens with one attached hydrogen (secondary N) is 1. The van der Waals surface area contributed by atoms with Crippen molar-refractivity contribution in [3.63, 3.8) is 0 Å². The van der Waals surface area contributed by atoms with Gasteiger partial charge in [-0.25, -0.2) is 9.59 Å². The number of hydrogen-bond acceptors (Lipinski definition) is 5. The second-order valence-corrected chi connectivity index (χ2v) is 3.73. The van der Waals surface area contributed by atoms with Crippen LogP contribution in [0, 0.1) is 0 Å². The van der Waals surface area contributed by atoms with Crippen LogP contribution in [0.15, 0.2) is 30.3 Å². The Kier molecular flexibility index (Phi) is 5.53. The van der Waals surface area contributed by atoms with Crippen LogP contribution in [0.4, 0.5) is 4.79 Å². The average Bonchev–Trinajstić information content (AvgIpc) is 2.45. The second-order valence-electron chi connectivity index (χ2n) is 3.73. The van der Waals surface area contributed by atoms with Crippen LogP contribution in [0.25, 0.3) is 0 Å². The predicted molar refractivity (Wildman–Crippen MR) is 66.5 cm³/mol. The molecule has 1 atom stereocenters. The maximum atomic E-state index is 11.8. The van der Waals surface area contributed by atoms with Gasteiger partial charge >= 0.3 is 12.1 Å². The van der Waals surface area contributed by atoms with Crippen LogP contribution in [-0.4, -0.2) is 38.1 Å². The first-order chi connectivity index (χ1) is 9.08. The fraction of sp³-hybridized carbons (Fsp3) is 0.308. The highest BCUT2D eigenvalue weighted by Gasteiger charge is 2.28. The summed E-state index contributed by atoms with van der Waals surface area (Å²) in [7, 11) is 2.29. The van der Waals surface area contributed by atoms with E-state index in [4.69, 9.17) is 0 Å². The Balaban J connectivity index is 2.83. The van der Waals surface area contributed by atoms with E-state index in [0.717, 1.165) is 12.7 Å². The summed E-state index contributed by atoms with van der Waals surface area (Å²) in [6.07, 6.45) is -0.595. The summed E-state index contributed by atoms with van der Waals surface area (Å²) in [6.45, 7) is 0. The molecule has 0 aliphatic carbocycles. The number of Topliss-reactive ketones (excluding diaryl/α,β-unsaturated/α-hetero) is 1. The summed E-state index contributed by atoms with van der Waals surface area (Å²) in [5.41, 5.74) is 0.807. The third-order valence-corrected chi connectivity index (χ3v) is 2.46. The number of carbonyl (C=O) groups is 3. The SMILES string of the molecule is COC(=O)NC(Cc1ccccc1)C(=O)C(=O)OC. The van der Waals surface area contributed by atoms with E-state index in [0.29, 0.717) is 0 Å². The Hall–Kier alpha value is -2.37. The van der Waals surface area contributed by atoms with E-state index in [1.807, 2.05) is 6.07 Å². The molecule has 0 aliphatic heterocycles. The van der Waals surface area contributed by atoms with Crippen LogP contribution in [0.1, 0.15) is 5.56 Å². The molecule has 0 saturated carbocycles. The van der Waals surface area contributed by atoms with E-state index < -0.39 is 23.9 Å². The molecule has 1 aromatic carbocycles. The molecule has 1 amide bonds. The van der Waals surface area contributed by atoms with Crippen molar-refractivity contribution in [2.45, 2.75) is 12.5 Å². The summed E-state index contributed by atoms with van der Waals surface area (Å²) in [5, 5.41) is 2.32. The Morgan fingerprint density at radius 1 is 1.11 bits per heavy atom. The van der Waals surface area contributed by atoms with Gasteiger partial charge in [0.05, 0.1) is 14.2 Å². The molecule has 1 N–H and O–H groups in total. The van der Waals surface area contributed by atoms with Crippen LogP contribution in [0.2, 0.25) is 0 Å². The summed E-state index contributed by atoms with van der Waals surface area (Å²) in [5.74, 6) is -1.82. The molecule has 0 heterocycles. The Morgan fingerprint density at radius 3 is 2.26 bits per heavy atom. The molecule has 0 fully saturated rings. The van der Waals surface area contributed by atoms with Gasteiger partial charge in [-0.05, 0) is 5.56 Å². The molecule has 0 bridgehead atoms. The lowest BCUT2D eigenvalue weighted by Gasteiger charge is -2.15. The molecule has 0 saturated heterocycles. The zero-order chi connectivity index (χ0) is 14.3. The van der Waals surface area contributed by atoms with Crippen molar-refractivity contribution in [2.75, 3.05) is 14.2 Å². The number of ether oxygens (including phenoxy) is 2. The Bertz CT molecular complexity index is 457. The maximum absolute atomic E-state index is 11.8. The van der Waals surface area contributed by atoms with Crippen molar-refractivity contribution in [2.24, 2.45) is 0 Å². The van der Waals surface area contributed by atoms with Crippen molar-refractivity contribution in [3.8, 4) is 0 Å². The van der Waals surface area contributed by atoms with Gasteiger partial charge in [-0.1, -0.05) is 30.3 Å². The van der Waals surface area contributed by atoms with E-state index in [1.54, 1.807) is 24.3 Å². The molecule has 102 valence electrons. The second kappa shape index (κ2) is 7.15. The van der Waals surface area contributed by atoms with Crippen LogP contribution in [0.5, 0.6) is 0 Å². The van der Waals surface area contributed by atoms with Crippen molar-refractivity contribution in [1.82, 2.24) is 5.32 Å². The molecule has 6 nitrogen and oxygen atoms in total. The highest BCUT2D eigenvalue weighted by atomic mass is 16.5. The molecule has 1 unspecified atom stereocenters. The summed E-state index contributed by atoms with van der Waals surface area (Å²) in [6, 6.07) is 7.99. The van der Waals surface area contributed by atoms with E-state index >= 15 is 0 Å². The highest BCUT2D eigenvalue weighted by molar-refractivity contribution is 6.36. The average molecular weight is 265 g/mol. The number of alkyl carbamates (subject to hydrolysis) is 1. The van der Waals surface area contributed by atoms with Crippen LogP contribution in [-0.2, 0) is 25.5 Å². The summed E-state index contributed by atoms with van der Waals surface area (Å²) < 4.78 is 8.79. The lowest BCUT2D eigenvalue weighted by Crippen LogP contribution is -2.45. The van der Waals surface area contributed by atoms with E-state index in [1.165, 1.54) is 7.11 Å². The standard InChI is InChI=1S/C13H15NO5/c1-18-12(16)11(15)10(14-13(17)19-2)8-9-6-4-3-5-7-9/h3-7,10H,8H2,1-2H3,(H,14,17). The first-order valence-corrected chi connectivity index (χ1v) is 5.59. The Labute approximate surface area is 110 Å². The van der Waals surface area contributed by atoms with Crippen molar-refractivity contribution < 1.29 is 23.9 Å². The zero-order valence-electron chi connectivity index (χ0n) is 10.7. The largest absolute Gasteiger partial charge is 0.463 e. The number of ketones is 1. The number of methoxy groups -OCH3 is 2. The van der Waals surface area contributed by atoms with Crippen molar-refractivity contribution in [1.29, 1.82) is 0 Å². The fourth-order valence-electron chi connectivity index (χ4n) is 1.50. The molecule has 19 heavy (non-hydrogen) atoms. The van der Waals surface area contributed by atoms with Gasteiger partial charge in [0.2, 0.25) is 0 Å². The number of amides is 1. The van der Waals surface area contributed by atoms with Crippen LogP contribution < -0.4 is 5.32 Å². The number of carbonyl (C=O) groups excluding carboxylic acids is 3. The molecule has 1 rings (SSSR count). The van der Waals surface area contributed by atoms with Crippen LogP contribution in [0.3, 0.4) is 0 Å². The van der Waals surface area contributed by atoms with E-state index in [2.05, 4.69) is 14.8 Å². The van der Waals surface area contributed by atoms with Crippen molar-refractivity contribution in [3.05, 3.63) is 35.9 Å². The summed E-state index contributed by atoms with van der Waals surface area (Å²) >= 11 is 0. The van der Waals surface area contributed by atoms with Gasteiger partial charge in [0.15, 0.2) is 0 Å². The molecule has 6 heteroatoms. The molecule has 0 radical (unpaired) electrons. The normalized spacial score (nSPS) is 11.3. The van der Waals surface area contributed by atoms with E-state index in [9.17, 15) is 14.4 Å². The predicted octanol–water partition coefficient (Wildman–Crippen LogP) is 0.696. The minimum atomic E-state index is -1.01. The fourth-order valence-corrected chi connectivity index (χ4v) is 1.50. The van der Waals surface area contributed by atoms with Gasteiger partial charge < -0.3 is 14.8 Å². The van der Waals surface area contributed by atoms with Gasteiger partial charge in [-0.2, -0.15) is 0 Å². The quantitative estimate of drug-likeness (QED) is 0.626. The number of rotatable bonds is 5. The highest BCUT2D eigenvalue weighted by Crippen LogP contribution is 2.05. The number of benzene rings is 1. The van der Waals surface area contributed by atoms with Crippen molar-refractivity contribution >= 4 is 17.8 Å². The minimum Gasteiger partial charge on any atom is -0.463 e. The topological polar surface area (TPSA) is 81.7 Å². The smallest absolute Gasteiger partial charge is 0.407 e. The van der Waals surface area contributed by atoms with Crippen LogP contribution >= 0.6 is 0 Å². The minimum absolute atomic E-state index is 0.184. The van der Waals surface area contributed by atoms with Gasteiger partial charge in [0.25, 0.3) is 5.78 Å². The zero-order valence-corrected chi connectivity index (χ0v) is 10.7. The lowest BCUT2D eigenvalue weighted by atomic mass is 10.0. The van der Waals surface area contributed by atoms with Gasteiger partial charge in [0, 0.05) is 6.42 Å². The van der Waals surface area contributed by atoms with Gasteiger partial charge in [-0.15, -0.1) is 0 Å². The number of esters is 1. The molecule has 0 spiro atoms. The lowest BCUT2D eigenvalue weighted by molar-refractivity contribution is -0.152. The van der Waals surface area contributed by atoms with Gasteiger partial charge in [0.1, 0.15) is 6.04 Å². The molecule has 0 aromatic heterocycles. The van der Waals surface area contributed by atoms with E-state index in [-0.39, 0.29) is 6.42 Å². The third-order valence-electron chi connectivity index (χ3n) is 2.46. The first kappa shape index (κ1) is 14.7. The monoisotopic (exact) mass is 265 g/mol. The Morgan fingerprint density at radius 2 is 1.74 bits per heavy atom. The first-order valence-electron chi connectivity index (χ1n) is 5.59. The molecule has 0 aliphatic rings. The summed E-state index contributed by atoms with van der Waals surface area (Å²) in [4.78, 5) is 34.2. The molecule has 1 aromatic rings. The third kappa shape index (κ3) is 4.42. The molecular formula is C13H15NO5. The number of hydrogen-bond donors (Lipinski definition) is 1. The maximum Gasteiger partial charge on any atom is 0.407 e.